The third kappa shape index (κ3) is 2.63. The van der Waals surface area contributed by atoms with Crippen LogP contribution in [0.4, 0.5) is 10.5 Å². The van der Waals surface area contributed by atoms with Crippen LogP contribution in [-0.4, -0.2) is 17.8 Å². The molecule has 108 valence electrons. The zero-order chi connectivity index (χ0) is 15.6. The fraction of sp³-hybridized carbons (Fsp3) is 0.333. The smallest absolute Gasteiger partial charge is 0.277 e. The highest BCUT2D eigenvalue weighted by molar-refractivity contribution is 6.27. The average Bonchev–Trinajstić information content (AvgIpc) is 2.45. The number of anilines is 1. The van der Waals surface area contributed by atoms with Crippen molar-refractivity contribution in [2.45, 2.75) is 26.7 Å². The number of nitriles is 1. The second-order valence-electron chi connectivity index (χ2n) is 4.92. The third-order valence-corrected chi connectivity index (χ3v) is 3.42. The van der Waals surface area contributed by atoms with Gasteiger partial charge in [-0.15, -0.1) is 0 Å². The molecule has 0 bridgehead atoms. The molecule has 0 aromatic heterocycles. The SMILES string of the molecule is CCCC1C(=O)NC(=O)N(c2cc(C#N)ccc2C)C1=O. The minimum atomic E-state index is -0.863. The molecule has 6 nitrogen and oxygen atoms in total. The molecule has 1 N–H and O–H groups in total. The number of carbonyl (C=O) groups excluding carboxylic acids is 3. The number of imide groups is 2. The highest BCUT2D eigenvalue weighted by Gasteiger charge is 2.41. The first-order valence-corrected chi connectivity index (χ1v) is 6.69. The summed E-state index contributed by atoms with van der Waals surface area (Å²) in [7, 11) is 0. The van der Waals surface area contributed by atoms with Crippen LogP contribution in [0, 0.1) is 24.2 Å². The van der Waals surface area contributed by atoms with Crippen molar-refractivity contribution in [1.29, 1.82) is 5.26 Å². The zero-order valence-electron chi connectivity index (χ0n) is 11.8. The van der Waals surface area contributed by atoms with E-state index in [9.17, 15) is 14.4 Å². The molecule has 6 heteroatoms. The van der Waals surface area contributed by atoms with Gasteiger partial charge in [-0.25, -0.2) is 9.69 Å². The first-order valence-electron chi connectivity index (χ1n) is 6.69. The first kappa shape index (κ1) is 14.7. The first-order chi connectivity index (χ1) is 9.99. The van der Waals surface area contributed by atoms with E-state index >= 15 is 0 Å². The predicted octanol–water partition coefficient (Wildman–Crippen LogP) is 1.87. The molecule has 1 atom stereocenters. The number of carbonyl (C=O) groups is 3. The van der Waals surface area contributed by atoms with E-state index in [0.29, 0.717) is 29.7 Å². The van der Waals surface area contributed by atoms with Crippen molar-refractivity contribution < 1.29 is 14.4 Å². The normalized spacial score (nSPS) is 18.4. The van der Waals surface area contributed by atoms with Crippen molar-refractivity contribution in [3.05, 3.63) is 29.3 Å². The quantitative estimate of drug-likeness (QED) is 0.858. The molecule has 2 rings (SSSR count). The van der Waals surface area contributed by atoms with E-state index in [-0.39, 0.29) is 0 Å². The van der Waals surface area contributed by atoms with Gasteiger partial charge in [0.15, 0.2) is 0 Å². The topological polar surface area (TPSA) is 90.3 Å². The number of hydrogen-bond donors (Lipinski definition) is 1. The Labute approximate surface area is 122 Å². The van der Waals surface area contributed by atoms with Gasteiger partial charge in [-0.2, -0.15) is 5.26 Å². The van der Waals surface area contributed by atoms with Gasteiger partial charge in [-0.05, 0) is 31.0 Å². The molecule has 4 amide bonds. The van der Waals surface area contributed by atoms with Crippen molar-refractivity contribution in [3.63, 3.8) is 0 Å². The van der Waals surface area contributed by atoms with Crippen LogP contribution in [0.2, 0.25) is 0 Å². The van der Waals surface area contributed by atoms with Crippen molar-refractivity contribution in [1.82, 2.24) is 5.32 Å². The van der Waals surface area contributed by atoms with Crippen molar-refractivity contribution in [2.75, 3.05) is 4.90 Å². The lowest BCUT2D eigenvalue weighted by Gasteiger charge is -2.31. The van der Waals surface area contributed by atoms with Crippen molar-refractivity contribution in [2.24, 2.45) is 5.92 Å². The van der Waals surface area contributed by atoms with Crippen molar-refractivity contribution in [3.8, 4) is 6.07 Å². The molecule has 0 radical (unpaired) electrons. The molecule has 1 heterocycles. The fourth-order valence-corrected chi connectivity index (χ4v) is 2.31. The number of hydrogen-bond acceptors (Lipinski definition) is 4. The van der Waals surface area contributed by atoms with E-state index in [1.807, 2.05) is 13.0 Å². The molecule has 0 aliphatic carbocycles. The number of amides is 4. The predicted molar refractivity (Wildman–Crippen MR) is 75.3 cm³/mol. The van der Waals surface area contributed by atoms with E-state index in [1.165, 1.54) is 6.07 Å². The summed E-state index contributed by atoms with van der Waals surface area (Å²) in [6.07, 6.45) is 1.04. The molecule has 1 aliphatic heterocycles. The van der Waals surface area contributed by atoms with Gasteiger partial charge in [0.25, 0.3) is 0 Å². The van der Waals surface area contributed by atoms with E-state index in [4.69, 9.17) is 5.26 Å². The Balaban J connectivity index is 2.47. The van der Waals surface area contributed by atoms with Crippen LogP contribution in [0.15, 0.2) is 18.2 Å². The molecule has 0 spiro atoms. The largest absolute Gasteiger partial charge is 0.335 e. The van der Waals surface area contributed by atoms with E-state index in [1.54, 1.807) is 19.1 Å². The number of urea groups is 1. The molecule has 1 aliphatic rings. The lowest BCUT2D eigenvalue weighted by atomic mass is 9.98. The summed E-state index contributed by atoms with van der Waals surface area (Å²) in [6.45, 7) is 3.60. The van der Waals surface area contributed by atoms with Crippen LogP contribution in [-0.2, 0) is 9.59 Å². The lowest BCUT2D eigenvalue weighted by Crippen LogP contribution is -2.58. The Morgan fingerprint density at radius 1 is 1.33 bits per heavy atom. The standard InChI is InChI=1S/C15H15N3O3/c1-3-4-11-13(19)17-15(21)18(14(11)20)12-7-10(8-16)6-5-9(12)2/h5-7,11H,3-4H2,1-2H3,(H,17,19,21). The maximum atomic E-state index is 12.4. The van der Waals surface area contributed by atoms with Gasteiger partial charge in [-0.1, -0.05) is 19.4 Å². The highest BCUT2D eigenvalue weighted by Crippen LogP contribution is 2.27. The number of aryl methyl sites for hydroxylation is 1. The Bertz CT molecular complexity index is 661. The van der Waals surface area contributed by atoms with Gasteiger partial charge in [0, 0.05) is 0 Å². The number of benzene rings is 1. The summed E-state index contributed by atoms with van der Waals surface area (Å²) in [5, 5.41) is 11.2. The lowest BCUT2D eigenvalue weighted by molar-refractivity contribution is -0.134. The van der Waals surface area contributed by atoms with Crippen molar-refractivity contribution >= 4 is 23.5 Å². The van der Waals surface area contributed by atoms with Crippen LogP contribution in [0.3, 0.4) is 0 Å². The minimum Gasteiger partial charge on any atom is -0.277 e. The van der Waals surface area contributed by atoms with Gasteiger partial charge in [0.05, 0.1) is 17.3 Å². The maximum absolute atomic E-state index is 12.4. The molecule has 1 unspecified atom stereocenters. The summed E-state index contributed by atoms with van der Waals surface area (Å²) in [5.41, 5.74) is 1.37. The number of nitrogens with one attached hydrogen (secondary N) is 1. The Morgan fingerprint density at radius 3 is 2.67 bits per heavy atom. The number of rotatable bonds is 3. The fourth-order valence-electron chi connectivity index (χ4n) is 2.31. The van der Waals surface area contributed by atoms with Crippen LogP contribution in [0.5, 0.6) is 0 Å². The summed E-state index contributed by atoms with van der Waals surface area (Å²) < 4.78 is 0. The monoisotopic (exact) mass is 285 g/mol. The molecule has 1 aromatic rings. The molecular weight excluding hydrogens is 270 g/mol. The second kappa shape index (κ2) is 5.75. The summed E-state index contributed by atoms with van der Waals surface area (Å²) in [4.78, 5) is 37.2. The minimum absolute atomic E-state index is 0.338. The molecule has 0 saturated carbocycles. The van der Waals surface area contributed by atoms with E-state index < -0.39 is 23.8 Å². The maximum Gasteiger partial charge on any atom is 0.335 e. The number of barbiturate groups is 1. The Kier molecular flexibility index (Phi) is 4.03. The Hall–Kier alpha value is -2.68. The molecular formula is C15H15N3O3. The molecule has 21 heavy (non-hydrogen) atoms. The van der Waals surface area contributed by atoms with Gasteiger partial charge in [-0.3, -0.25) is 14.9 Å². The summed E-state index contributed by atoms with van der Waals surface area (Å²) >= 11 is 0. The number of nitrogens with zero attached hydrogens (tertiary/aromatic N) is 2. The van der Waals surface area contributed by atoms with Gasteiger partial charge >= 0.3 is 6.03 Å². The zero-order valence-corrected chi connectivity index (χ0v) is 11.8. The molecule has 1 fully saturated rings. The third-order valence-electron chi connectivity index (χ3n) is 3.42. The van der Waals surface area contributed by atoms with Crippen LogP contribution >= 0.6 is 0 Å². The van der Waals surface area contributed by atoms with E-state index in [2.05, 4.69) is 5.32 Å². The van der Waals surface area contributed by atoms with Crippen LogP contribution < -0.4 is 10.2 Å². The molecule has 1 aromatic carbocycles. The van der Waals surface area contributed by atoms with Crippen LogP contribution in [0.25, 0.3) is 0 Å². The summed E-state index contributed by atoms with van der Waals surface area (Å²) in [5.74, 6) is -1.96. The Morgan fingerprint density at radius 2 is 2.05 bits per heavy atom. The van der Waals surface area contributed by atoms with Gasteiger partial charge < -0.3 is 0 Å². The molecule has 1 saturated heterocycles. The van der Waals surface area contributed by atoms with Crippen LogP contribution in [0.1, 0.15) is 30.9 Å². The highest BCUT2D eigenvalue weighted by atomic mass is 16.2. The summed E-state index contributed by atoms with van der Waals surface area (Å²) in [6, 6.07) is 5.96. The second-order valence-corrected chi connectivity index (χ2v) is 4.92. The van der Waals surface area contributed by atoms with Gasteiger partial charge in [0.2, 0.25) is 11.8 Å². The van der Waals surface area contributed by atoms with Gasteiger partial charge in [0.1, 0.15) is 5.92 Å². The van der Waals surface area contributed by atoms with E-state index in [0.717, 1.165) is 4.90 Å². The average molecular weight is 285 g/mol.